The van der Waals surface area contributed by atoms with E-state index in [2.05, 4.69) is 10.6 Å². The number of carbonyl (C=O) groups is 2. The summed E-state index contributed by atoms with van der Waals surface area (Å²) >= 11 is 0. The molecule has 1 atom stereocenters. The Hall–Kier alpha value is -3.22. The quantitative estimate of drug-likeness (QED) is 0.798. The lowest BCUT2D eigenvalue weighted by molar-refractivity contribution is -0.119. The molecule has 0 spiro atoms. The molecule has 7 heteroatoms. The second-order valence-electron chi connectivity index (χ2n) is 6.78. The Morgan fingerprint density at radius 1 is 1.04 bits per heavy atom. The lowest BCUT2D eigenvalue weighted by Crippen LogP contribution is -2.47. The van der Waals surface area contributed by atoms with Crippen LogP contribution in [0.25, 0.3) is 0 Å². The molecular weight excluding hydrogens is 360 g/mol. The molecule has 28 heavy (non-hydrogen) atoms. The van der Waals surface area contributed by atoms with Crippen LogP contribution in [0.1, 0.15) is 19.4 Å². The molecular formula is C21H24N2O5. The Labute approximate surface area is 164 Å². The molecule has 2 N–H and O–H groups in total. The van der Waals surface area contributed by atoms with Gasteiger partial charge in [0.2, 0.25) is 5.91 Å². The molecule has 0 radical (unpaired) electrons. The van der Waals surface area contributed by atoms with Gasteiger partial charge in [-0.1, -0.05) is 44.2 Å². The molecule has 0 aliphatic carbocycles. The molecule has 1 heterocycles. The Morgan fingerprint density at radius 2 is 1.75 bits per heavy atom. The standard InChI is InChI=1S/C21H24N2O5/c1-14(2)19(23-21(25)28-13-15-6-4-3-5-7-15)20(24)22-16-8-9-17-18(12-16)27-11-10-26-17/h3-9,12,14,19H,10-11,13H2,1-2H3,(H,22,24)(H,23,25). The average Bonchev–Trinajstić information content (AvgIpc) is 2.71. The summed E-state index contributed by atoms with van der Waals surface area (Å²) in [5.74, 6) is 0.775. The van der Waals surface area contributed by atoms with Crippen LogP contribution in [0.5, 0.6) is 11.5 Å². The molecule has 3 rings (SSSR count). The third-order valence-electron chi connectivity index (χ3n) is 4.24. The first kappa shape index (κ1) is 19.5. The molecule has 0 aromatic heterocycles. The van der Waals surface area contributed by atoms with Crippen molar-refractivity contribution in [1.29, 1.82) is 0 Å². The normalized spacial score (nSPS) is 13.5. The van der Waals surface area contributed by atoms with Crippen LogP contribution in [-0.4, -0.2) is 31.3 Å². The Bertz CT molecular complexity index is 823. The van der Waals surface area contributed by atoms with Crippen LogP contribution in [0.15, 0.2) is 48.5 Å². The van der Waals surface area contributed by atoms with Crippen molar-refractivity contribution >= 4 is 17.7 Å². The van der Waals surface area contributed by atoms with Crippen LogP contribution in [0.3, 0.4) is 0 Å². The maximum atomic E-state index is 12.7. The van der Waals surface area contributed by atoms with Crippen LogP contribution in [-0.2, 0) is 16.1 Å². The van der Waals surface area contributed by atoms with Crippen molar-refractivity contribution in [2.45, 2.75) is 26.5 Å². The van der Waals surface area contributed by atoms with Gasteiger partial charge in [0.25, 0.3) is 0 Å². The second-order valence-corrected chi connectivity index (χ2v) is 6.78. The van der Waals surface area contributed by atoms with E-state index in [4.69, 9.17) is 14.2 Å². The van der Waals surface area contributed by atoms with Crippen molar-refractivity contribution < 1.29 is 23.8 Å². The summed E-state index contributed by atoms with van der Waals surface area (Å²) in [6.07, 6.45) is -0.639. The third kappa shape index (κ3) is 5.16. The number of carbonyl (C=O) groups excluding carboxylic acids is 2. The summed E-state index contributed by atoms with van der Waals surface area (Å²) in [6.45, 7) is 4.81. The maximum Gasteiger partial charge on any atom is 0.408 e. The first-order valence-corrected chi connectivity index (χ1v) is 9.20. The van der Waals surface area contributed by atoms with E-state index in [-0.39, 0.29) is 18.4 Å². The fraction of sp³-hybridized carbons (Fsp3) is 0.333. The molecule has 1 aliphatic rings. The van der Waals surface area contributed by atoms with Crippen LogP contribution in [0.4, 0.5) is 10.5 Å². The molecule has 2 aromatic carbocycles. The highest BCUT2D eigenvalue weighted by Crippen LogP contribution is 2.32. The minimum absolute atomic E-state index is 0.124. The molecule has 1 aliphatic heterocycles. The maximum absolute atomic E-state index is 12.7. The molecule has 1 unspecified atom stereocenters. The highest BCUT2D eigenvalue weighted by atomic mass is 16.6. The van der Waals surface area contributed by atoms with Gasteiger partial charge in [-0.2, -0.15) is 0 Å². The molecule has 7 nitrogen and oxygen atoms in total. The first-order valence-electron chi connectivity index (χ1n) is 9.20. The highest BCUT2D eigenvalue weighted by molar-refractivity contribution is 5.97. The summed E-state index contributed by atoms with van der Waals surface area (Å²) in [4.78, 5) is 24.8. The first-order chi connectivity index (χ1) is 13.5. The molecule has 0 saturated carbocycles. The highest BCUT2D eigenvalue weighted by Gasteiger charge is 2.25. The van der Waals surface area contributed by atoms with E-state index in [1.807, 2.05) is 44.2 Å². The van der Waals surface area contributed by atoms with E-state index in [1.54, 1.807) is 18.2 Å². The van der Waals surface area contributed by atoms with E-state index in [0.717, 1.165) is 5.56 Å². The Morgan fingerprint density at radius 3 is 2.46 bits per heavy atom. The number of anilines is 1. The predicted molar refractivity (Wildman–Crippen MR) is 104 cm³/mol. The lowest BCUT2D eigenvalue weighted by atomic mass is 10.0. The zero-order valence-corrected chi connectivity index (χ0v) is 15.9. The minimum Gasteiger partial charge on any atom is -0.486 e. The largest absolute Gasteiger partial charge is 0.486 e. The van der Waals surface area contributed by atoms with Crippen molar-refractivity contribution in [3.63, 3.8) is 0 Å². The van der Waals surface area contributed by atoms with Gasteiger partial charge in [-0.25, -0.2) is 4.79 Å². The van der Waals surface area contributed by atoms with E-state index >= 15 is 0 Å². The van der Waals surface area contributed by atoms with E-state index < -0.39 is 12.1 Å². The number of rotatable bonds is 6. The number of nitrogens with one attached hydrogen (secondary N) is 2. The molecule has 148 valence electrons. The minimum atomic E-state index is -0.739. The van der Waals surface area contributed by atoms with Crippen molar-refractivity contribution in [1.82, 2.24) is 5.32 Å². The van der Waals surface area contributed by atoms with Gasteiger partial charge in [0.1, 0.15) is 25.9 Å². The molecule has 0 bridgehead atoms. The van der Waals surface area contributed by atoms with Crippen LogP contribution >= 0.6 is 0 Å². The van der Waals surface area contributed by atoms with Crippen molar-refractivity contribution in [2.24, 2.45) is 5.92 Å². The monoisotopic (exact) mass is 384 g/mol. The number of hydrogen-bond donors (Lipinski definition) is 2. The number of hydrogen-bond acceptors (Lipinski definition) is 5. The van der Waals surface area contributed by atoms with Gasteiger partial charge in [0.15, 0.2) is 11.5 Å². The Balaban J connectivity index is 1.58. The van der Waals surface area contributed by atoms with Gasteiger partial charge in [-0.05, 0) is 23.6 Å². The van der Waals surface area contributed by atoms with Gasteiger partial charge in [-0.3, -0.25) is 4.79 Å². The molecule has 2 amide bonds. The van der Waals surface area contributed by atoms with Gasteiger partial charge in [0, 0.05) is 11.8 Å². The number of ether oxygens (including phenoxy) is 3. The zero-order chi connectivity index (χ0) is 19.9. The summed E-state index contributed by atoms with van der Waals surface area (Å²) in [5.41, 5.74) is 1.44. The molecule has 0 saturated heterocycles. The number of benzene rings is 2. The number of fused-ring (bicyclic) bond motifs is 1. The number of alkyl carbamates (subject to hydrolysis) is 1. The average molecular weight is 384 g/mol. The third-order valence-corrected chi connectivity index (χ3v) is 4.24. The fourth-order valence-corrected chi connectivity index (χ4v) is 2.77. The number of amides is 2. The van der Waals surface area contributed by atoms with Crippen molar-refractivity contribution in [3.05, 3.63) is 54.1 Å². The molecule has 2 aromatic rings. The van der Waals surface area contributed by atoms with Crippen molar-refractivity contribution in [2.75, 3.05) is 18.5 Å². The lowest BCUT2D eigenvalue weighted by Gasteiger charge is -2.22. The fourth-order valence-electron chi connectivity index (χ4n) is 2.77. The van der Waals surface area contributed by atoms with Gasteiger partial charge < -0.3 is 24.8 Å². The zero-order valence-electron chi connectivity index (χ0n) is 15.9. The van der Waals surface area contributed by atoms with Crippen LogP contribution in [0, 0.1) is 5.92 Å². The van der Waals surface area contributed by atoms with E-state index in [9.17, 15) is 9.59 Å². The van der Waals surface area contributed by atoms with Crippen LogP contribution in [0.2, 0.25) is 0 Å². The summed E-state index contributed by atoms with van der Waals surface area (Å²) in [7, 11) is 0. The molecule has 0 fully saturated rings. The smallest absolute Gasteiger partial charge is 0.408 e. The van der Waals surface area contributed by atoms with Gasteiger partial charge in [0.05, 0.1) is 0 Å². The topological polar surface area (TPSA) is 85.9 Å². The second kappa shape index (κ2) is 9.12. The summed E-state index contributed by atoms with van der Waals surface area (Å²) < 4.78 is 16.2. The van der Waals surface area contributed by atoms with Gasteiger partial charge >= 0.3 is 6.09 Å². The van der Waals surface area contributed by atoms with Gasteiger partial charge in [-0.15, -0.1) is 0 Å². The Kier molecular flexibility index (Phi) is 6.37. The van der Waals surface area contributed by atoms with Crippen LogP contribution < -0.4 is 20.1 Å². The summed E-state index contributed by atoms with van der Waals surface area (Å²) in [6, 6.07) is 13.8. The van der Waals surface area contributed by atoms with E-state index in [1.165, 1.54) is 0 Å². The summed E-state index contributed by atoms with van der Waals surface area (Å²) in [5, 5.41) is 5.45. The predicted octanol–water partition coefficient (Wildman–Crippen LogP) is 3.35. The SMILES string of the molecule is CC(C)C(NC(=O)OCc1ccccc1)C(=O)Nc1ccc2c(c1)OCCO2. The van der Waals surface area contributed by atoms with E-state index in [0.29, 0.717) is 30.4 Å². The van der Waals surface area contributed by atoms with Crippen molar-refractivity contribution in [3.8, 4) is 11.5 Å².